The summed E-state index contributed by atoms with van der Waals surface area (Å²) in [7, 11) is 0. The number of nitrogens with two attached hydrogens (primary N) is 2. The fraction of sp³-hybridized carbons (Fsp3) is 0.889. The maximum absolute atomic E-state index is 12.4. The average molecular weight is 375 g/mol. The van der Waals surface area contributed by atoms with Crippen LogP contribution < -0.4 is 11.5 Å². The van der Waals surface area contributed by atoms with E-state index >= 15 is 0 Å². The van der Waals surface area contributed by atoms with Crippen molar-refractivity contribution in [3.05, 3.63) is 0 Å². The van der Waals surface area contributed by atoms with Crippen LogP contribution in [0.15, 0.2) is 0 Å². The third kappa shape index (κ3) is 11.9. The van der Waals surface area contributed by atoms with Crippen molar-refractivity contribution in [3.63, 3.8) is 0 Å². The molecule has 0 fully saturated rings. The third-order valence-corrected chi connectivity index (χ3v) is 3.21. The number of nitrogens with zero attached hydrogens (tertiary/aromatic N) is 2. The topological polar surface area (TPSA) is 111 Å². The molecule has 0 aromatic carbocycles. The minimum absolute atomic E-state index is 0.346. The zero-order valence-corrected chi connectivity index (χ0v) is 17.3. The van der Waals surface area contributed by atoms with E-state index in [-0.39, 0.29) is 0 Å². The quantitative estimate of drug-likeness (QED) is 0.640. The molecule has 8 nitrogen and oxygen atoms in total. The predicted octanol–water partition coefficient (Wildman–Crippen LogP) is 2.16. The van der Waals surface area contributed by atoms with Crippen LogP contribution in [0.3, 0.4) is 0 Å². The monoisotopic (exact) mass is 374 g/mol. The summed E-state index contributed by atoms with van der Waals surface area (Å²) in [4.78, 5) is 28.0. The van der Waals surface area contributed by atoms with Gasteiger partial charge in [0.2, 0.25) is 0 Å². The Morgan fingerprint density at radius 1 is 0.692 bits per heavy atom. The highest BCUT2D eigenvalue weighted by Crippen LogP contribution is 2.12. The summed E-state index contributed by atoms with van der Waals surface area (Å²) in [6, 6.07) is 0. The van der Waals surface area contributed by atoms with Gasteiger partial charge in [0.05, 0.1) is 0 Å². The maximum Gasteiger partial charge on any atom is 0.410 e. The fourth-order valence-corrected chi connectivity index (χ4v) is 2.05. The molecule has 2 amide bonds. The van der Waals surface area contributed by atoms with Gasteiger partial charge in [0, 0.05) is 26.2 Å². The lowest BCUT2D eigenvalue weighted by Crippen LogP contribution is -2.45. The highest BCUT2D eigenvalue weighted by molar-refractivity contribution is 5.69. The van der Waals surface area contributed by atoms with Crippen LogP contribution in [0.2, 0.25) is 0 Å². The second-order valence-electron chi connectivity index (χ2n) is 8.22. The SMILES string of the molecule is CC(C)(C)OC(=O)N(CCCN)CCN(CCCN)C(=O)OC(C)(C)C. The highest BCUT2D eigenvalue weighted by Gasteiger charge is 2.25. The van der Waals surface area contributed by atoms with Crippen molar-refractivity contribution in [3.8, 4) is 0 Å². The Balaban J connectivity index is 4.95. The zero-order chi connectivity index (χ0) is 20.4. The second-order valence-corrected chi connectivity index (χ2v) is 8.22. The van der Waals surface area contributed by atoms with Crippen molar-refractivity contribution >= 4 is 12.2 Å². The van der Waals surface area contributed by atoms with Gasteiger partial charge in [-0.1, -0.05) is 0 Å². The van der Waals surface area contributed by atoms with Gasteiger partial charge in [-0.15, -0.1) is 0 Å². The summed E-state index contributed by atoms with van der Waals surface area (Å²) >= 11 is 0. The van der Waals surface area contributed by atoms with Crippen molar-refractivity contribution in [1.29, 1.82) is 0 Å². The van der Waals surface area contributed by atoms with E-state index in [2.05, 4.69) is 0 Å². The van der Waals surface area contributed by atoms with Crippen LogP contribution in [0, 0.1) is 0 Å². The Hall–Kier alpha value is -1.54. The van der Waals surface area contributed by atoms with Crippen molar-refractivity contribution in [1.82, 2.24) is 9.80 Å². The first-order chi connectivity index (χ1) is 11.9. The normalized spacial score (nSPS) is 11.8. The lowest BCUT2D eigenvalue weighted by atomic mass is 10.2. The second kappa shape index (κ2) is 11.2. The molecule has 0 spiro atoms. The smallest absolute Gasteiger partial charge is 0.410 e. The van der Waals surface area contributed by atoms with Crippen LogP contribution in [-0.2, 0) is 9.47 Å². The molecule has 0 saturated carbocycles. The number of ether oxygens (including phenoxy) is 2. The van der Waals surface area contributed by atoms with Gasteiger partial charge in [-0.2, -0.15) is 0 Å². The van der Waals surface area contributed by atoms with Gasteiger partial charge >= 0.3 is 12.2 Å². The van der Waals surface area contributed by atoms with Gasteiger partial charge in [0.1, 0.15) is 11.2 Å². The minimum Gasteiger partial charge on any atom is -0.444 e. The Kier molecular flexibility index (Phi) is 10.6. The first-order valence-corrected chi connectivity index (χ1v) is 9.25. The van der Waals surface area contributed by atoms with Gasteiger partial charge in [-0.05, 0) is 67.5 Å². The summed E-state index contributed by atoms with van der Waals surface area (Å²) in [5, 5.41) is 0. The van der Waals surface area contributed by atoms with E-state index < -0.39 is 23.4 Å². The Labute approximate surface area is 158 Å². The maximum atomic E-state index is 12.4. The van der Waals surface area contributed by atoms with E-state index in [9.17, 15) is 9.59 Å². The van der Waals surface area contributed by atoms with Crippen molar-refractivity contribution in [2.45, 2.75) is 65.6 Å². The van der Waals surface area contributed by atoms with Gasteiger partial charge in [-0.3, -0.25) is 0 Å². The van der Waals surface area contributed by atoms with Gasteiger partial charge in [0.25, 0.3) is 0 Å². The molecular formula is C18H38N4O4. The lowest BCUT2D eigenvalue weighted by Gasteiger charge is -2.31. The summed E-state index contributed by atoms with van der Waals surface area (Å²) in [6.45, 7) is 13.5. The molecule has 0 aliphatic heterocycles. The van der Waals surface area contributed by atoms with Crippen molar-refractivity contribution in [2.24, 2.45) is 11.5 Å². The fourth-order valence-electron chi connectivity index (χ4n) is 2.05. The molecule has 154 valence electrons. The Morgan fingerprint density at radius 2 is 1.00 bits per heavy atom. The molecule has 0 bridgehead atoms. The lowest BCUT2D eigenvalue weighted by molar-refractivity contribution is 0.0134. The first kappa shape index (κ1) is 24.5. The molecule has 0 aromatic heterocycles. The number of rotatable bonds is 9. The molecule has 0 aliphatic carbocycles. The highest BCUT2D eigenvalue weighted by atomic mass is 16.6. The van der Waals surface area contributed by atoms with Crippen LogP contribution in [0.4, 0.5) is 9.59 Å². The molecule has 0 rings (SSSR count). The zero-order valence-electron chi connectivity index (χ0n) is 17.3. The molecular weight excluding hydrogens is 336 g/mol. The van der Waals surface area contributed by atoms with E-state index in [1.807, 2.05) is 41.5 Å². The first-order valence-electron chi connectivity index (χ1n) is 9.25. The van der Waals surface area contributed by atoms with Crippen LogP contribution in [0.1, 0.15) is 54.4 Å². The van der Waals surface area contributed by atoms with Crippen LogP contribution >= 0.6 is 0 Å². The summed E-state index contributed by atoms with van der Waals surface area (Å²) < 4.78 is 10.9. The van der Waals surface area contributed by atoms with E-state index in [1.165, 1.54) is 0 Å². The molecule has 4 N–H and O–H groups in total. The van der Waals surface area contributed by atoms with Crippen LogP contribution in [0.5, 0.6) is 0 Å². The van der Waals surface area contributed by atoms with Crippen LogP contribution in [-0.4, -0.2) is 72.5 Å². The molecule has 0 radical (unpaired) electrons. The van der Waals surface area contributed by atoms with Crippen molar-refractivity contribution in [2.75, 3.05) is 39.3 Å². The third-order valence-electron chi connectivity index (χ3n) is 3.21. The van der Waals surface area contributed by atoms with E-state index in [0.717, 1.165) is 0 Å². The minimum atomic E-state index is -0.581. The molecule has 0 aromatic rings. The Morgan fingerprint density at radius 3 is 1.23 bits per heavy atom. The average Bonchev–Trinajstić information content (AvgIpc) is 2.46. The van der Waals surface area contributed by atoms with E-state index in [1.54, 1.807) is 9.80 Å². The summed E-state index contributed by atoms with van der Waals surface area (Å²) in [5.41, 5.74) is 9.97. The van der Waals surface area contributed by atoms with Gasteiger partial charge in [0.15, 0.2) is 0 Å². The van der Waals surface area contributed by atoms with Crippen molar-refractivity contribution < 1.29 is 19.1 Å². The number of carbonyl (C=O) groups excluding carboxylic acids is 2. The molecule has 0 heterocycles. The molecule has 0 aliphatic rings. The number of carbonyl (C=O) groups is 2. The van der Waals surface area contributed by atoms with E-state index in [0.29, 0.717) is 52.1 Å². The molecule has 8 heteroatoms. The molecule has 0 atom stereocenters. The Bertz CT molecular complexity index is 390. The molecule has 26 heavy (non-hydrogen) atoms. The van der Waals surface area contributed by atoms with E-state index in [4.69, 9.17) is 20.9 Å². The summed E-state index contributed by atoms with van der Waals surface area (Å²) in [5.74, 6) is 0. The number of hydrogen-bond donors (Lipinski definition) is 2. The largest absolute Gasteiger partial charge is 0.444 e. The molecule has 0 unspecified atom stereocenters. The van der Waals surface area contributed by atoms with Gasteiger partial charge < -0.3 is 30.7 Å². The summed E-state index contributed by atoms with van der Waals surface area (Å²) in [6.07, 6.45) is 0.506. The molecule has 0 saturated heterocycles. The van der Waals surface area contributed by atoms with Crippen LogP contribution in [0.25, 0.3) is 0 Å². The predicted molar refractivity (Wildman–Crippen MR) is 103 cm³/mol. The van der Waals surface area contributed by atoms with Gasteiger partial charge in [-0.25, -0.2) is 9.59 Å². The standard InChI is InChI=1S/C18H38N4O4/c1-17(2,3)25-15(23)21(11-7-9-19)13-14-22(12-8-10-20)16(24)26-18(4,5)6/h7-14,19-20H2,1-6H3. The number of hydrogen-bond acceptors (Lipinski definition) is 6. The number of amides is 2.